The second-order valence-electron chi connectivity index (χ2n) is 7.80. The summed E-state index contributed by atoms with van der Waals surface area (Å²) in [6.45, 7) is 1.15. The molecular weight excluding hydrogens is 386 g/mol. The minimum absolute atomic E-state index is 0.0499. The Balaban J connectivity index is 1.39. The molecule has 0 bridgehead atoms. The van der Waals surface area contributed by atoms with E-state index in [1.165, 1.54) is 0 Å². The van der Waals surface area contributed by atoms with E-state index in [1.807, 2.05) is 37.3 Å². The van der Waals surface area contributed by atoms with Crippen molar-refractivity contribution in [3.63, 3.8) is 0 Å². The van der Waals surface area contributed by atoms with E-state index in [0.29, 0.717) is 49.3 Å². The van der Waals surface area contributed by atoms with E-state index >= 15 is 0 Å². The molecule has 0 unspecified atom stereocenters. The number of alkyl halides is 2. The highest BCUT2D eigenvalue weighted by molar-refractivity contribution is 5.78. The Kier molecular flexibility index (Phi) is 6.08. The predicted octanol–water partition coefficient (Wildman–Crippen LogP) is 4.52. The van der Waals surface area contributed by atoms with Crippen LogP contribution in [0.1, 0.15) is 43.7 Å². The topological polar surface area (TPSA) is 50.2 Å². The number of likely N-dealkylation sites (tertiary alicyclic amines) is 1. The lowest BCUT2D eigenvalue weighted by molar-refractivity contribution is -0.126. The van der Waals surface area contributed by atoms with Crippen LogP contribution in [-0.2, 0) is 11.3 Å². The maximum absolute atomic E-state index is 13.8. The van der Waals surface area contributed by atoms with Crippen molar-refractivity contribution >= 4 is 16.9 Å². The number of para-hydroxylation sites is 2. The number of rotatable bonds is 6. The third-order valence-electron chi connectivity index (χ3n) is 5.95. The smallest absolute Gasteiger partial charge is 0.320 e. The second-order valence-corrected chi connectivity index (χ2v) is 7.80. The summed E-state index contributed by atoms with van der Waals surface area (Å²) >= 11 is 0. The lowest BCUT2D eigenvalue weighted by atomic mass is 9.94. The van der Waals surface area contributed by atoms with Crippen LogP contribution >= 0.6 is 0 Å². The van der Waals surface area contributed by atoms with E-state index in [-0.39, 0.29) is 17.9 Å². The number of hydrogen-bond donors (Lipinski definition) is 1. The van der Waals surface area contributed by atoms with Crippen LogP contribution in [0.5, 0.6) is 0 Å². The molecule has 3 aromatic rings. The number of halogens is 2. The number of carbonyl (C=O) groups excluding carboxylic acids is 1. The van der Waals surface area contributed by atoms with Gasteiger partial charge in [-0.15, -0.1) is 0 Å². The zero-order valence-corrected chi connectivity index (χ0v) is 17.0. The van der Waals surface area contributed by atoms with E-state index in [9.17, 15) is 13.6 Å². The zero-order chi connectivity index (χ0) is 21.1. The Morgan fingerprint density at radius 3 is 2.47 bits per heavy atom. The number of benzene rings is 2. The fourth-order valence-electron chi connectivity index (χ4n) is 4.20. The molecule has 1 aliphatic rings. The van der Waals surface area contributed by atoms with E-state index in [1.54, 1.807) is 24.3 Å². The highest BCUT2D eigenvalue weighted by Crippen LogP contribution is 2.31. The first-order valence-electron chi connectivity index (χ1n) is 10.4. The summed E-state index contributed by atoms with van der Waals surface area (Å²) < 4.78 is 28.6. The Bertz CT molecular complexity index is 997. The standard InChI is InChI=1S/C23H26F2N4O/c1-16(21-27-19-9-5-6-10-20(19)29(21)23(24)25)28-13-11-18(12-14-28)22(30)26-15-17-7-3-2-4-8-17/h2-10,16,18,23H,11-15H2,1H3,(H,26,30)/t16-/m0/s1. The number of carbonyl (C=O) groups is 1. The first kappa shape index (κ1) is 20.5. The lowest BCUT2D eigenvalue weighted by Crippen LogP contribution is -2.41. The van der Waals surface area contributed by atoms with Crippen LogP contribution in [0.25, 0.3) is 11.0 Å². The second kappa shape index (κ2) is 8.92. The van der Waals surface area contributed by atoms with Crippen molar-refractivity contribution in [1.82, 2.24) is 19.8 Å². The average Bonchev–Trinajstić information content (AvgIpc) is 3.17. The molecule has 158 valence electrons. The SMILES string of the molecule is C[C@@H](c1nc2ccccc2n1C(F)F)N1CCC(C(=O)NCc2ccccc2)CC1. The van der Waals surface area contributed by atoms with Crippen molar-refractivity contribution in [1.29, 1.82) is 0 Å². The molecule has 0 spiro atoms. The number of nitrogens with zero attached hydrogens (tertiary/aromatic N) is 3. The number of amides is 1. The van der Waals surface area contributed by atoms with Gasteiger partial charge in [0.15, 0.2) is 0 Å². The summed E-state index contributed by atoms with van der Waals surface area (Å²) in [6, 6.07) is 16.6. The molecule has 4 rings (SSSR count). The third kappa shape index (κ3) is 4.21. The van der Waals surface area contributed by atoms with E-state index in [4.69, 9.17) is 0 Å². The molecule has 1 N–H and O–H groups in total. The van der Waals surface area contributed by atoms with Crippen molar-refractivity contribution in [3.05, 3.63) is 66.0 Å². The molecule has 1 amide bonds. The van der Waals surface area contributed by atoms with Gasteiger partial charge in [0, 0.05) is 12.5 Å². The minimum atomic E-state index is -2.64. The molecule has 2 aromatic carbocycles. The molecule has 0 aliphatic carbocycles. The molecule has 0 saturated carbocycles. The van der Waals surface area contributed by atoms with Gasteiger partial charge < -0.3 is 5.32 Å². The minimum Gasteiger partial charge on any atom is -0.352 e. The summed E-state index contributed by atoms with van der Waals surface area (Å²) in [4.78, 5) is 19.2. The van der Waals surface area contributed by atoms with E-state index in [0.717, 1.165) is 10.1 Å². The van der Waals surface area contributed by atoms with Crippen LogP contribution in [0, 0.1) is 5.92 Å². The fourth-order valence-corrected chi connectivity index (χ4v) is 4.20. The number of nitrogens with one attached hydrogen (secondary N) is 1. The Morgan fingerprint density at radius 1 is 1.10 bits per heavy atom. The van der Waals surface area contributed by atoms with E-state index in [2.05, 4.69) is 15.2 Å². The molecule has 5 nitrogen and oxygen atoms in total. The molecule has 1 fully saturated rings. The summed E-state index contributed by atoms with van der Waals surface area (Å²) in [6.07, 6.45) is 1.42. The molecule has 30 heavy (non-hydrogen) atoms. The van der Waals surface area contributed by atoms with Gasteiger partial charge in [-0.25, -0.2) is 4.98 Å². The van der Waals surface area contributed by atoms with Crippen LogP contribution < -0.4 is 5.32 Å². The van der Waals surface area contributed by atoms with Gasteiger partial charge in [-0.3, -0.25) is 14.3 Å². The number of piperidine rings is 1. The molecular formula is C23H26F2N4O. The third-order valence-corrected chi connectivity index (χ3v) is 5.95. The number of hydrogen-bond acceptors (Lipinski definition) is 3. The van der Waals surface area contributed by atoms with Crippen molar-refractivity contribution in [3.8, 4) is 0 Å². The molecule has 1 aliphatic heterocycles. The van der Waals surface area contributed by atoms with Crippen molar-refractivity contribution < 1.29 is 13.6 Å². The number of fused-ring (bicyclic) bond motifs is 1. The average molecular weight is 412 g/mol. The maximum atomic E-state index is 13.8. The van der Waals surface area contributed by atoms with E-state index < -0.39 is 6.55 Å². The van der Waals surface area contributed by atoms with Gasteiger partial charge in [0.05, 0.1) is 17.1 Å². The van der Waals surface area contributed by atoms with Crippen LogP contribution in [0.15, 0.2) is 54.6 Å². The van der Waals surface area contributed by atoms with Gasteiger partial charge in [0.2, 0.25) is 5.91 Å². The van der Waals surface area contributed by atoms with Crippen molar-refractivity contribution in [2.24, 2.45) is 5.92 Å². The Hall–Kier alpha value is -2.80. The molecule has 1 atom stereocenters. The monoisotopic (exact) mass is 412 g/mol. The van der Waals surface area contributed by atoms with Crippen LogP contribution in [-0.4, -0.2) is 33.4 Å². The Labute approximate surface area is 174 Å². The number of aromatic nitrogens is 2. The van der Waals surface area contributed by atoms with Gasteiger partial charge in [-0.05, 0) is 50.6 Å². The van der Waals surface area contributed by atoms with Gasteiger partial charge in [0.1, 0.15) is 5.82 Å². The first-order valence-corrected chi connectivity index (χ1v) is 10.4. The van der Waals surface area contributed by atoms with Crippen LogP contribution in [0.3, 0.4) is 0 Å². The quantitative estimate of drug-likeness (QED) is 0.648. The first-order chi connectivity index (χ1) is 14.5. The van der Waals surface area contributed by atoms with Crippen molar-refractivity contribution in [2.75, 3.05) is 13.1 Å². The van der Waals surface area contributed by atoms with Gasteiger partial charge in [0.25, 0.3) is 0 Å². The molecule has 0 radical (unpaired) electrons. The molecule has 1 saturated heterocycles. The maximum Gasteiger partial charge on any atom is 0.320 e. The Morgan fingerprint density at radius 2 is 1.77 bits per heavy atom. The highest BCUT2D eigenvalue weighted by Gasteiger charge is 2.31. The van der Waals surface area contributed by atoms with Gasteiger partial charge in [-0.1, -0.05) is 42.5 Å². The summed E-state index contributed by atoms with van der Waals surface area (Å²) in [5, 5.41) is 3.01. The van der Waals surface area contributed by atoms with Crippen molar-refractivity contribution in [2.45, 2.75) is 38.9 Å². The lowest BCUT2D eigenvalue weighted by Gasteiger charge is -2.35. The highest BCUT2D eigenvalue weighted by atomic mass is 19.3. The summed E-state index contributed by atoms with van der Waals surface area (Å²) in [5.41, 5.74) is 2.10. The fraction of sp³-hybridized carbons (Fsp3) is 0.391. The molecule has 2 heterocycles. The summed E-state index contributed by atoms with van der Waals surface area (Å²) in [7, 11) is 0. The van der Waals surface area contributed by atoms with Crippen LogP contribution in [0.4, 0.5) is 8.78 Å². The molecule has 7 heteroatoms. The molecule has 1 aromatic heterocycles. The van der Waals surface area contributed by atoms with Gasteiger partial charge in [-0.2, -0.15) is 8.78 Å². The normalized spacial score (nSPS) is 16.8. The zero-order valence-electron chi connectivity index (χ0n) is 17.0. The number of imidazole rings is 1. The van der Waals surface area contributed by atoms with Gasteiger partial charge >= 0.3 is 6.55 Å². The predicted molar refractivity (Wildman–Crippen MR) is 112 cm³/mol. The van der Waals surface area contributed by atoms with Crippen LogP contribution in [0.2, 0.25) is 0 Å². The summed E-state index contributed by atoms with van der Waals surface area (Å²) in [5.74, 6) is 0.384. The largest absolute Gasteiger partial charge is 0.352 e.